The summed E-state index contributed by atoms with van der Waals surface area (Å²) in [7, 11) is -3.67. The van der Waals surface area contributed by atoms with Gasteiger partial charge in [0.15, 0.2) is 9.84 Å². The van der Waals surface area contributed by atoms with Gasteiger partial charge in [-0.25, -0.2) is 17.8 Å². The predicted molar refractivity (Wildman–Crippen MR) is 105 cm³/mol. The first-order chi connectivity index (χ1) is 13.0. The maximum atomic E-state index is 14.4. The number of nitrogens with one attached hydrogen (secondary N) is 3. The molecule has 7 nitrogen and oxygen atoms in total. The van der Waals surface area contributed by atoms with Crippen LogP contribution in [0.5, 0.6) is 0 Å². The van der Waals surface area contributed by atoms with Gasteiger partial charge in [0.05, 0.1) is 16.8 Å². The van der Waals surface area contributed by atoms with E-state index in [0.717, 1.165) is 6.07 Å². The highest BCUT2D eigenvalue weighted by molar-refractivity contribution is 7.93. The minimum atomic E-state index is -3.67. The lowest BCUT2D eigenvalue weighted by Gasteiger charge is -2.36. The third kappa shape index (κ3) is 3.72. The highest BCUT2D eigenvalue weighted by Crippen LogP contribution is 2.31. The summed E-state index contributed by atoms with van der Waals surface area (Å²) < 4.78 is 38.0. The molecule has 1 amide bonds. The van der Waals surface area contributed by atoms with Gasteiger partial charge in [0, 0.05) is 17.4 Å². The highest BCUT2D eigenvalue weighted by Gasteiger charge is 2.45. The van der Waals surface area contributed by atoms with Gasteiger partial charge in [-0.2, -0.15) is 0 Å². The molecule has 0 saturated carbocycles. The van der Waals surface area contributed by atoms with Crippen LogP contribution >= 0.6 is 11.6 Å². The summed E-state index contributed by atoms with van der Waals surface area (Å²) in [5.74, 6) is -1.73. The van der Waals surface area contributed by atoms with Crippen molar-refractivity contribution in [1.29, 1.82) is 5.41 Å². The van der Waals surface area contributed by atoms with Crippen LogP contribution in [0.15, 0.2) is 36.5 Å². The number of amides is 1. The standard InChI is InChI=1S/C18H18ClFN4O3S/c1-18(2)17(21)24-15(9-28(18,26)27)12-7-11(4-5-13(12)20)23-16(25)14-6-3-10(19)8-22-14/h3-8,15H,9H2,1-2H3,(H2,21,24)(H,23,25). The van der Waals surface area contributed by atoms with E-state index in [2.05, 4.69) is 15.6 Å². The number of sulfone groups is 1. The summed E-state index contributed by atoms with van der Waals surface area (Å²) >= 11 is 5.75. The molecule has 1 unspecified atom stereocenters. The van der Waals surface area contributed by atoms with Gasteiger partial charge >= 0.3 is 0 Å². The van der Waals surface area contributed by atoms with Crippen LogP contribution in [0.1, 0.15) is 35.9 Å². The van der Waals surface area contributed by atoms with Crippen LogP contribution in [-0.2, 0) is 9.84 Å². The van der Waals surface area contributed by atoms with Crippen LogP contribution in [0.25, 0.3) is 0 Å². The molecule has 10 heteroatoms. The maximum Gasteiger partial charge on any atom is 0.274 e. The molecular formula is C18H18ClFN4O3S. The fourth-order valence-corrected chi connectivity index (χ4v) is 4.33. The van der Waals surface area contributed by atoms with Crippen LogP contribution in [0.3, 0.4) is 0 Å². The molecule has 3 rings (SSSR count). The number of carbonyl (C=O) groups excluding carboxylic acids is 1. The number of hydrogen-bond donors (Lipinski definition) is 3. The van der Waals surface area contributed by atoms with E-state index < -0.39 is 32.4 Å². The van der Waals surface area contributed by atoms with Crippen molar-refractivity contribution in [2.45, 2.75) is 24.6 Å². The molecule has 0 bridgehead atoms. The second-order valence-electron chi connectivity index (χ2n) is 6.92. The molecule has 1 aliphatic rings. The molecule has 0 radical (unpaired) electrons. The Bertz CT molecular complexity index is 1060. The Labute approximate surface area is 166 Å². The smallest absolute Gasteiger partial charge is 0.274 e. The van der Waals surface area contributed by atoms with E-state index in [4.69, 9.17) is 17.0 Å². The number of aromatic nitrogens is 1. The van der Waals surface area contributed by atoms with Crippen molar-refractivity contribution in [3.63, 3.8) is 0 Å². The molecule has 1 aliphatic heterocycles. The molecule has 0 spiro atoms. The Hall–Kier alpha value is -2.52. The zero-order valence-electron chi connectivity index (χ0n) is 15.1. The quantitative estimate of drug-likeness (QED) is 0.701. The fraction of sp³-hybridized carbons (Fsp3) is 0.278. The van der Waals surface area contributed by atoms with Gasteiger partial charge in [0.2, 0.25) is 0 Å². The van der Waals surface area contributed by atoms with Crippen LogP contribution < -0.4 is 10.6 Å². The molecule has 1 aromatic carbocycles. The summed E-state index contributed by atoms with van der Waals surface area (Å²) in [6.07, 6.45) is 1.33. The van der Waals surface area contributed by atoms with E-state index >= 15 is 0 Å². The number of rotatable bonds is 3. The fourth-order valence-electron chi connectivity index (χ4n) is 2.73. The minimum absolute atomic E-state index is 0.0469. The number of amidine groups is 1. The van der Waals surface area contributed by atoms with Crippen molar-refractivity contribution < 1.29 is 17.6 Å². The van der Waals surface area contributed by atoms with E-state index in [0.29, 0.717) is 5.02 Å². The number of benzene rings is 1. The maximum absolute atomic E-state index is 14.4. The molecule has 2 heterocycles. The van der Waals surface area contributed by atoms with Crippen molar-refractivity contribution in [1.82, 2.24) is 10.3 Å². The van der Waals surface area contributed by atoms with Gasteiger partial charge in [-0.05, 0) is 44.2 Å². The van der Waals surface area contributed by atoms with E-state index in [1.807, 2.05) is 0 Å². The van der Waals surface area contributed by atoms with E-state index in [9.17, 15) is 17.6 Å². The Morgan fingerprint density at radius 2 is 2.07 bits per heavy atom. The average molecular weight is 425 g/mol. The van der Waals surface area contributed by atoms with Crippen molar-refractivity contribution in [3.8, 4) is 0 Å². The van der Waals surface area contributed by atoms with Crippen molar-refractivity contribution in [2.24, 2.45) is 0 Å². The molecule has 2 aromatic rings. The number of anilines is 1. The van der Waals surface area contributed by atoms with Crippen LogP contribution in [0.4, 0.5) is 10.1 Å². The second kappa shape index (κ2) is 7.14. The Balaban J connectivity index is 1.87. The monoisotopic (exact) mass is 424 g/mol. The van der Waals surface area contributed by atoms with Crippen molar-refractivity contribution >= 4 is 38.9 Å². The number of nitrogens with zero attached hydrogens (tertiary/aromatic N) is 1. The Kier molecular flexibility index (Phi) is 5.16. The highest BCUT2D eigenvalue weighted by atomic mass is 35.5. The van der Waals surface area contributed by atoms with Gasteiger partial charge in [0.1, 0.15) is 22.1 Å². The molecule has 1 aromatic heterocycles. The SMILES string of the molecule is CC1(C)C(=N)NC(c2cc(NC(=O)c3ccc(Cl)cn3)ccc2F)CS1(=O)=O. The lowest BCUT2D eigenvalue weighted by Crippen LogP contribution is -2.56. The van der Waals surface area contributed by atoms with Gasteiger partial charge in [-0.3, -0.25) is 10.2 Å². The Morgan fingerprint density at radius 3 is 2.68 bits per heavy atom. The summed E-state index contributed by atoms with van der Waals surface area (Å²) in [5, 5.41) is 13.7. The van der Waals surface area contributed by atoms with E-state index in [-0.39, 0.29) is 28.5 Å². The number of halogens is 2. The molecule has 3 N–H and O–H groups in total. The van der Waals surface area contributed by atoms with Crippen LogP contribution in [0.2, 0.25) is 5.02 Å². The van der Waals surface area contributed by atoms with Gasteiger partial charge in [-0.1, -0.05) is 11.6 Å². The molecule has 1 saturated heterocycles. The van der Waals surface area contributed by atoms with Crippen molar-refractivity contribution in [2.75, 3.05) is 11.1 Å². The molecule has 148 valence electrons. The third-order valence-corrected chi connectivity index (χ3v) is 7.43. The van der Waals surface area contributed by atoms with Crippen molar-refractivity contribution in [3.05, 3.63) is 58.6 Å². The molecule has 1 fully saturated rings. The first-order valence-corrected chi connectivity index (χ1v) is 10.3. The van der Waals surface area contributed by atoms with Crippen LogP contribution in [-0.4, -0.2) is 35.6 Å². The summed E-state index contributed by atoms with van der Waals surface area (Å²) in [6.45, 7) is 2.86. The average Bonchev–Trinajstić information content (AvgIpc) is 2.61. The lowest BCUT2D eigenvalue weighted by atomic mass is 10.0. The minimum Gasteiger partial charge on any atom is -0.365 e. The summed E-state index contributed by atoms with van der Waals surface area (Å²) in [4.78, 5) is 16.2. The third-order valence-electron chi connectivity index (χ3n) is 4.67. The first kappa shape index (κ1) is 20.2. The normalized spacial score (nSPS) is 20.3. The Morgan fingerprint density at radius 1 is 1.36 bits per heavy atom. The summed E-state index contributed by atoms with van der Waals surface area (Å²) in [6, 6.07) is 5.87. The zero-order valence-corrected chi connectivity index (χ0v) is 16.7. The van der Waals surface area contributed by atoms with Gasteiger partial charge in [0.25, 0.3) is 5.91 Å². The molecular weight excluding hydrogens is 407 g/mol. The zero-order chi connectivity index (χ0) is 20.7. The van der Waals surface area contributed by atoms with Gasteiger partial charge in [-0.15, -0.1) is 0 Å². The number of pyridine rings is 1. The molecule has 0 aliphatic carbocycles. The first-order valence-electron chi connectivity index (χ1n) is 8.31. The van der Waals surface area contributed by atoms with Crippen LogP contribution in [0, 0.1) is 11.2 Å². The lowest BCUT2D eigenvalue weighted by molar-refractivity contribution is 0.102. The topological polar surface area (TPSA) is 112 Å². The largest absolute Gasteiger partial charge is 0.365 e. The predicted octanol–water partition coefficient (Wildman–Crippen LogP) is 2.94. The second-order valence-corrected chi connectivity index (χ2v) is 9.94. The van der Waals surface area contributed by atoms with E-state index in [1.165, 1.54) is 44.3 Å². The van der Waals surface area contributed by atoms with E-state index in [1.54, 1.807) is 0 Å². The molecule has 1 atom stereocenters. The summed E-state index contributed by atoms with van der Waals surface area (Å²) in [5.41, 5.74) is 0.441. The number of hydrogen-bond acceptors (Lipinski definition) is 5. The van der Waals surface area contributed by atoms with Gasteiger partial charge < -0.3 is 10.6 Å². The number of carbonyl (C=O) groups is 1. The molecule has 28 heavy (non-hydrogen) atoms.